The number of rotatable bonds is 7. The Labute approximate surface area is 114 Å². The van der Waals surface area contributed by atoms with Crippen molar-refractivity contribution in [2.24, 2.45) is 0 Å². The molecule has 0 radical (unpaired) electrons. The first-order valence-corrected chi connectivity index (χ1v) is 6.72. The van der Waals surface area contributed by atoms with Gasteiger partial charge in [-0.1, -0.05) is 24.6 Å². The number of hydrogen-bond donors (Lipinski definition) is 1. The average molecular weight is 273 g/mol. The maximum atomic E-state index is 13.0. The van der Waals surface area contributed by atoms with Crippen LogP contribution in [0, 0.1) is 5.82 Å². The maximum absolute atomic E-state index is 13.0. The normalized spacial score (nSPS) is 13.0. The van der Waals surface area contributed by atoms with E-state index in [1.165, 1.54) is 12.1 Å². The summed E-state index contributed by atoms with van der Waals surface area (Å²) in [4.78, 5) is 2.14. The predicted molar refractivity (Wildman–Crippen MR) is 75.7 cm³/mol. The first kappa shape index (κ1) is 15.4. The number of nitrogens with one attached hydrogen (secondary N) is 1. The van der Waals surface area contributed by atoms with Crippen molar-refractivity contribution in [2.75, 3.05) is 27.2 Å². The molecule has 0 saturated carbocycles. The van der Waals surface area contributed by atoms with E-state index in [-0.39, 0.29) is 5.82 Å². The Morgan fingerprint density at radius 2 is 2.11 bits per heavy atom. The molecule has 0 amide bonds. The molecule has 1 unspecified atom stereocenters. The molecule has 0 bridgehead atoms. The molecule has 2 nitrogen and oxygen atoms in total. The fourth-order valence-corrected chi connectivity index (χ4v) is 2.19. The molecule has 102 valence electrons. The molecule has 0 aliphatic rings. The Morgan fingerprint density at radius 1 is 1.39 bits per heavy atom. The lowest BCUT2D eigenvalue weighted by Gasteiger charge is -2.22. The molecule has 1 atom stereocenters. The molecule has 0 aliphatic heterocycles. The molecule has 1 rings (SSSR count). The van der Waals surface area contributed by atoms with Crippen molar-refractivity contribution in [1.29, 1.82) is 0 Å². The van der Waals surface area contributed by atoms with E-state index < -0.39 is 0 Å². The summed E-state index contributed by atoms with van der Waals surface area (Å²) in [6.07, 6.45) is 1.92. The van der Waals surface area contributed by atoms with Gasteiger partial charge >= 0.3 is 0 Å². The fraction of sp³-hybridized carbons (Fsp3) is 0.571. The highest BCUT2D eigenvalue weighted by atomic mass is 35.5. The van der Waals surface area contributed by atoms with Crippen LogP contribution in [0.3, 0.4) is 0 Å². The van der Waals surface area contributed by atoms with Gasteiger partial charge in [0.1, 0.15) is 5.82 Å². The molecule has 1 aromatic carbocycles. The first-order valence-electron chi connectivity index (χ1n) is 6.35. The third-order valence-corrected chi connectivity index (χ3v) is 3.10. The average Bonchev–Trinajstić information content (AvgIpc) is 2.29. The first-order chi connectivity index (χ1) is 8.52. The summed E-state index contributed by atoms with van der Waals surface area (Å²) < 4.78 is 13.0. The van der Waals surface area contributed by atoms with Crippen LogP contribution in [0.4, 0.5) is 4.39 Å². The van der Waals surface area contributed by atoms with E-state index in [9.17, 15) is 4.39 Å². The van der Waals surface area contributed by atoms with Crippen molar-refractivity contribution >= 4 is 11.6 Å². The van der Waals surface area contributed by atoms with Gasteiger partial charge in [0.15, 0.2) is 0 Å². The second-order valence-corrected chi connectivity index (χ2v) is 5.26. The van der Waals surface area contributed by atoms with Crippen LogP contribution >= 0.6 is 11.6 Å². The highest BCUT2D eigenvalue weighted by Gasteiger charge is 2.12. The highest BCUT2D eigenvalue weighted by molar-refractivity contribution is 6.31. The van der Waals surface area contributed by atoms with E-state index in [0.717, 1.165) is 31.5 Å². The number of hydrogen-bond acceptors (Lipinski definition) is 2. The van der Waals surface area contributed by atoms with E-state index in [1.54, 1.807) is 6.07 Å². The van der Waals surface area contributed by atoms with Gasteiger partial charge in [-0.25, -0.2) is 4.39 Å². The Morgan fingerprint density at radius 3 is 2.67 bits per heavy atom. The van der Waals surface area contributed by atoms with Crippen LogP contribution in [-0.2, 0) is 6.42 Å². The van der Waals surface area contributed by atoms with E-state index in [2.05, 4.69) is 17.1 Å². The number of nitrogens with zero attached hydrogens (tertiary/aromatic N) is 1. The van der Waals surface area contributed by atoms with Gasteiger partial charge in [-0.15, -0.1) is 0 Å². The van der Waals surface area contributed by atoms with Crippen molar-refractivity contribution in [1.82, 2.24) is 10.2 Å². The Balaban J connectivity index is 2.68. The highest BCUT2D eigenvalue weighted by Crippen LogP contribution is 2.19. The molecule has 18 heavy (non-hydrogen) atoms. The van der Waals surface area contributed by atoms with Crippen LogP contribution in [0.15, 0.2) is 18.2 Å². The number of benzene rings is 1. The van der Waals surface area contributed by atoms with Crippen molar-refractivity contribution in [3.05, 3.63) is 34.6 Å². The van der Waals surface area contributed by atoms with Crippen molar-refractivity contribution in [2.45, 2.75) is 25.8 Å². The minimum atomic E-state index is -0.283. The largest absolute Gasteiger partial charge is 0.312 e. The van der Waals surface area contributed by atoms with E-state index in [1.807, 2.05) is 14.1 Å². The smallest absolute Gasteiger partial charge is 0.124 e. The van der Waals surface area contributed by atoms with E-state index >= 15 is 0 Å². The quantitative estimate of drug-likeness (QED) is 0.821. The predicted octanol–water partition coefficient (Wildman–Crippen LogP) is 2.95. The summed E-state index contributed by atoms with van der Waals surface area (Å²) in [5.41, 5.74) is 0.994. The fourth-order valence-electron chi connectivity index (χ4n) is 1.94. The van der Waals surface area contributed by atoms with Crippen LogP contribution in [0.1, 0.15) is 18.9 Å². The lowest BCUT2D eigenvalue weighted by Crippen LogP contribution is -2.40. The van der Waals surface area contributed by atoms with Gasteiger partial charge in [-0.3, -0.25) is 0 Å². The van der Waals surface area contributed by atoms with E-state index in [0.29, 0.717) is 11.1 Å². The maximum Gasteiger partial charge on any atom is 0.124 e. The lowest BCUT2D eigenvalue weighted by molar-refractivity contribution is 0.336. The number of halogens is 2. The minimum absolute atomic E-state index is 0.283. The molecule has 1 N–H and O–H groups in total. The Hall–Kier alpha value is -0.640. The Kier molecular flexibility index (Phi) is 6.61. The molecule has 4 heteroatoms. The molecule has 0 saturated heterocycles. The minimum Gasteiger partial charge on any atom is -0.312 e. The molecule has 0 aliphatic carbocycles. The summed E-state index contributed by atoms with van der Waals surface area (Å²) in [6, 6.07) is 4.95. The zero-order chi connectivity index (χ0) is 13.5. The summed E-state index contributed by atoms with van der Waals surface area (Å²) >= 11 is 6.06. The van der Waals surface area contributed by atoms with Crippen molar-refractivity contribution < 1.29 is 4.39 Å². The van der Waals surface area contributed by atoms with Gasteiger partial charge in [0.2, 0.25) is 0 Å². The molecule has 1 aromatic rings. The zero-order valence-corrected chi connectivity index (χ0v) is 12.1. The molecule has 0 fully saturated rings. The summed E-state index contributed by atoms with van der Waals surface area (Å²) in [7, 11) is 4.10. The zero-order valence-electron chi connectivity index (χ0n) is 11.3. The second kappa shape index (κ2) is 7.72. The van der Waals surface area contributed by atoms with Gasteiger partial charge in [0.25, 0.3) is 0 Å². The third kappa shape index (κ3) is 5.34. The number of likely N-dealkylation sites (N-methyl/N-ethyl adjacent to an activating group) is 1. The van der Waals surface area contributed by atoms with Gasteiger partial charge in [-0.2, -0.15) is 0 Å². The van der Waals surface area contributed by atoms with Crippen molar-refractivity contribution in [3.8, 4) is 0 Å². The van der Waals surface area contributed by atoms with Crippen molar-refractivity contribution in [3.63, 3.8) is 0 Å². The molecule has 0 spiro atoms. The molecular formula is C14H22ClFN2. The summed E-state index contributed by atoms with van der Waals surface area (Å²) in [5, 5.41) is 4.01. The molecular weight excluding hydrogens is 251 g/mol. The van der Waals surface area contributed by atoms with Gasteiger partial charge in [0, 0.05) is 17.6 Å². The van der Waals surface area contributed by atoms with Crippen LogP contribution in [0.25, 0.3) is 0 Å². The van der Waals surface area contributed by atoms with E-state index in [4.69, 9.17) is 11.6 Å². The second-order valence-electron chi connectivity index (χ2n) is 4.85. The monoisotopic (exact) mass is 272 g/mol. The van der Waals surface area contributed by atoms with Crippen LogP contribution in [0.2, 0.25) is 5.02 Å². The van der Waals surface area contributed by atoms with Crippen LogP contribution in [0.5, 0.6) is 0 Å². The summed E-state index contributed by atoms with van der Waals surface area (Å²) in [5.74, 6) is -0.283. The SMILES string of the molecule is CCCNC(Cc1ccc(F)cc1Cl)CN(C)C. The van der Waals surface area contributed by atoms with Gasteiger partial charge in [0.05, 0.1) is 0 Å². The lowest BCUT2D eigenvalue weighted by atomic mass is 10.1. The standard InChI is InChI=1S/C14H22ClFN2/c1-4-7-17-13(10-18(2)3)8-11-5-6-12(16)9-14(11)15/h5-6,9,13,17H,4,7-8,10H2,1-3H3. The molecule has 0 aromatic heterocycles. The Bertz CT molecular complexity index is 369. The summed E-state index contributed by atoms with van der Waals surface area (Å²) in [6.45, 7) is 4.07. The van der Waals surface area contributed by atoms with Crippen LogP contribution in [-0.4, -0.2) is 38.1 Å². The van der Waals surface area contributed by atoms with Gasteiger partial charge < -0.3 is 10.2 Å². The van der Waals surface area contributed by atoms with Crippen LogP contribution < -0.4 is 5.32 Å². The topological polar surface area (TPSA) is 15.3 Å². The molecule has 0 heterocycles. The third-order valence-electron chi connectivity index (χ3n) is 2.75. The van der Waals surface area contributed by atoms with Gasteiger partial charge in [-0.05, 0) is 51.2 Å².